The van der Waals surface area contributed by atoms with Gasteiger partial charge in [-0.1, -0.05) is 0 Å². The molecule has 110 valence electrons. The highest BCUT2D eigenvalue weighted by Crippen LogP contribution is 2.18. The normalized spacial score (nSPS) is 25.4. The lowest BCUT2D eigenvalue weighted by Crippen LogP contribution is -2.41. The van der Waals surface area contributed by atoms with Crippen molar-refractivity contribution in [3.05, 3.63) is 17.7 Å². The maximum absolute atomic E-state index is 12.0. The topological polar surface area (TPSA) is 56.2 Å². The summed E-state index contributed by atoms with van der Waals surface area (Å²) >= 11 is 0. The number of ether oxygens (including phenoxy) is 1. The van der Waals surface area contributed by atoms with E-state index in [4.69, 9.17) is 4.74 Å². The molecule has 3 heterocycles. The number of fused-ring (bicyclic) bond motifs is 1. The average molecular weight is 277 g/mol. The van der Waals surface area contributed by atoms with Crippen LogP contribution < -0.4 is 5.32 Å². The summed E-state index contributed by atoms with van der Waals surface area (Å²) in [6.45, 7) is 3.72. The minimum atomic E-state index is 0.158. The van der Waals surface area contributed by atoms with Gasteiger partial charge in [0, 0.05) is 38.2 Å². The van der Waals surface area contributed by atoms with Crippen molar-refractivity contribution in [2.75, 3.05) is 6.61 Å². The molecule has 2 unspecified atom stereocenters. The molecule has 5 nitrogen and oxygen atoms in total. The van der Waals surface area contributed by atoms with Crippen molar-refractivity contribution in [3.63, 3.8) is 0 Å². The van der Waals surface area contributed by atoms with Gasteiger partial charge in [-0.3, -0.25) is 4.79 Å². The summed E-state index contributed by atoms with van der Waals surface area (Å²) < 4.78 is 7.72. The highest BCUT2D eigenvalue weighted by molar-refractivity contribution is 5.76. The lowest BCUT2D eigenvalue weighted by molar-refractivity contribution is -0.122. The maximum Gasteiger partial charge on any atom is 0.220 e. The SMILES string of the molecule is Cc1cn2c(n1)CCC(NC(=O)CCC1CCCO1)C2. The van der Waals surface area contributed by atoms with Gasteiger partial charge in [-0.2, -0.15) is 0 Å². The molecule has 3 rings (SSSR count). The van der Waals surface area contributed by atoms with Crippen LogP contribution in [0.5, 0.6) is 0 Å². The van der Waals surface area contributed by atoms with Crippen LogP contribution in [0.25, 0.3) is 0 Å². The van der Waals surface area contributed by atoms with E-state index in [1.807, 2.05) is 6.92 Å². The predicted molar refractivity (Wildman–Crippen MR) is 75.4 cm³/mol. The molecule has 0 aromatic carbocycles. The van der Waals surface area contributed by atoms with E-state index in [2.05, 4.69) is 21.1 Å². The van der Waals surface area contributed by atoms with Gasteiger partial charge in [-0.15, -0.1) is 0 Å². The molecule has 0 saturated carbocycles. The van der Waals surface area contributed by atoms with Gasteiger partial charge in [0.15, 0.2) is 0 Å². The number of carbonyl (C=O) groups is 1. The van der Waals surface area contributed by atoms with Gasteiger partial charge >= 0.3 is 0 Å². The predicted octanol–water partition coefficient (Wildman–Crippen LogP) is 1.58. The minimum Gasteiger partial charge on any atom is -0.378 e. The quantitative estimate of drug-likeness (QED) is 0.909. The smallest absolute Gasteiger partial charge is 0.220 e. The van der Waals surface area contributed by atoms with Crippen molar-refractivity contribution in [1.29, 1.82) is 0 Å². The molecule has 2 aliphatic heterocycles. The number of aryl methyl sites for hydroxylation is 2. The Bertz CT molecular complexity index is 477. The molecule has 1 N–H and O–H groups in total. The summed E-state index contributed by atoms with van der Waals surface area (Å²) in [5.41, 5.74) is 1.06. The van der Waals surface area contributed by atoms with Gasteiger partial charge in [-0.25, -0.2) is 4.98 Å². The number of hydrogen-bond acceptors (Lipinski definition) is 3. The first-order valence-electron chi connectivity index (χ1n) is 7.64. The number of nitrogens with zero attached hydrogens (tertiary/aromatic N) is 2. The Morgan fingerprint density at radius 3 is 3.25 bits per heavy atom. The Balaban J connectivity index is 1.45. The number of nitrogens with one attached hydrogen (secondary N) is 1. The number of hydrogen-bond donors (Lipinski definition) is 1. The fourth-order valence-corrected chi connectivity index (χ4v) is 3.17. The van der Waals surface area contributed by atoms with Crippen LogP contribution in [0.2, 0.25) is 0 Å². The zero-order valence-electron chi connectivity index (χ0n) is 12.1. The zero-order valence-corrected chi connectivity index (χ0v) is 12.1. The highest BCUT2D eigenvalue weighted by Gasteiger charge is 2.22. The van der Waals surface area contributed by atoms with Crippen LogP contribution in [0.3, 0.4) is 0 Å². The largest absolute Gasteiger partial charge is 0.378 e. The van der Waals surface area contributed by atoms with Gasteiger partial charge < -0.3 is 14.6 Å². The van der Waals surface area contributed by atoms with Crippen molar-refractivity contribution in [2.24, 2.45) is 0 Å². The molecule has 1 aromatic heterocycles. The third-order valence-electron chi connectivity index (χ3n) is 4.20. The Morgan fingerprint density at radius 2 is 2.45 bits per heavy atom. The van der Waals surface area contributed by atoms with E-state index in [0.29, 0.717) is 12.5 Å². The molecule has 2 atom stereocenters. The Hall–Kier alpha value is -1.36. The van der Waals surface area contributed by atoms with E-state index in [1.165, 1.54) is 0 Å². The number of carbonyl (C=O) groups excluding carboxylic acids is 1. The summed E-state index contributed by atoms with van der Waals surface area (Å²) in [6, 6.07) is 0.244. The van der Waals surface area contributed by atoms with Crippen molar-refractivity contribution in [1.82, 2.24) is 14.9 Å². The molecule has 1 aromatic rings. The second kappa shape index (κ2) is 5.95. The summed E-state index contributed by atoms with van der Waals surface area (Å²) in [4.78, 5) is 16.5. The molecule has 0 bridgehead atoms. The summed E-state index contributed by atoms with van der Waals surface area (Å²) in [5.74, 6) is 1.30. The summed E-state index contributed by atoms with van der Waals surface area (Å²) in [6.07, 6.45) is 7.99. The van der Waals surface area contributed by atoms with Crippen molar-refractivity contribution in [3.8, 4) is 0 Å². The third kappa shape index (κ3) is 3.20. The van der Waals surface area contributed by atoms with Crippen molar-refractivity contribution < 1.29 is 9.53 Å². The second-order valence-electron chi connectivity index (χ2n) is 5.93. The maximum atomic E-state index is 12.0. The first kappa shape index (κ1) is 13.6. The second-order valence-corrected chi connectivity index (χ2v) is 5.93. The highest BCUT2D eigenvalue weighted by atomic mass is 16.5. The number of aromatic nitrogens is 2. The molecule has 1 fully saturated rings. The van der Waals surface area contributed by atoms with Gasteiger partial charge in [0.2, 0.25) is 5.91 Å². The van der Waals surface area contributed by atoms with E-state index < -0.39 is 0 Å². The molecule has 5 heteroatoms. The van der Waals surface area contributed by atoms with Crippen LogP contribution in [0.1, 0.15) is 43.6 Å². The molecule has 0 aliphatic carbocycles. The van der Waals surface area contributed by atoms with Crippen LogP contribution in [0.15, 0.2) is 6.20 Å². The molecular weight excluding hydrogens is 254 g/mol. The molecule has 20 heavy (non-hydrogen) atoms. The molecule has 1 amide bonds. The molecule has 0 radical (unpaired) electrons. The van der Waals surface area contributed by atoms with Crippen LogP contribution in [0.4, 0.5) is 0 Å². The average Bonchev–Trinajstić information content (AvgIpc) is 3.04. The van der Waals surface area contributed by atoms with Gasteiger partial charge in [-0.05, 0) is 32.6 Å². The van der Waals surface area contributed by atoms with Gasteiger partial charge in [0.1, 0.15) is 5.82 Å². The fraction of sp³-hybridized carbons (Fsp3) is 0.733. The number of rotatable bonds is 4. The Labute approximate surface area is 119 Å². The van der Waals surface area contributed by atoms with Gasteiger partial charge in [0.05, 0.1) is 11.8 Å². The third-order valence-corrected chi connectivity index (χ3v) is 4.20. The Kier molecular flexibility index (Phi) is 4.05. The van der Waals surface area contributed by atoms with E-state index >= 15 is 0 Å². The monoisotopic (exact) mass is 277 g/mol. The first-order valence-corrected chi connectivity index (χ1v) is 7.64. The molecule has 2 aliphatic rings. The minimum absolute atomic E-state index is 0.158. The molecular formula is C15H23N3O2. The molecule has 1 saturated heterocycles. The van der Waals surface area contributed by atoms with Crippen LogP contribution in [-0.2, 0) is 22.5 Å². The van der Waals surface area contributed by atoms with Crippen molar-refractivity contribution >= 4 is 5.91 Å². The number of imidazole rings is 1. The lowest BCUT2D eigenvalue weighted by Gasteiger charge is -2.24. The lowest BCUT2D eigenvalue weighted by atomic mass is 10.1. The van der Waals surface area contributed by atoms with Gasteiger partial charge in [0.25, 0.3) is 0 Å². The van der Waals surface area contributed by atoms with Crippen LogP contribution in [-0.4, -0.2) is 34.2 Å². The van der Waals surface area contributed by atoms with E-state index in [-0.39, 0.29) is 11.9 Å². The Morgan fingerprint density at radius 1 is 1.55 bits per heavy atom. The summed E-state index contributed by atoms with van der Waals surface area (Å²) in [7, 11) is 0. The van der Waals surface area contributed by atoms with Crippen LogP contribution in [0, 0.1) is 6.92 Å². The first-order chi connectivity index (χ1) is 9.70. The standard InChI is InChI=1S/C15H23N3O2/c1-11-9-18-10-12(4-6-14(18)16-11)17-15(19)7-5-13-3-2-8-20-13/h9,12-13H,2-8,10H2,1H3,(H,17,19). The zero-order chi connectivity index (χ0) is 13.9. The van der Waals surface area contributed by atoms with E-state index in [0.717, 1.165) is 56.8 Å². The fourth-order valence-electron chi connectivity index (χ4n) is 3.17. The van der Waals surface area contributed by atoms with Crippen LogP contribution >= 0.6 is 0 Å². The summed E-state index contributed by atoms with van der Waals surface area (Å²) in [5, 5.41) is 3.15. The molecule has 0 spiro atoms. The number of amides is 1. The van der Waals surface area contributed by atoms with E-state index in [9.17, 15) is 4.79 Å². The van der Waals surface area contributed by atoms with Crippen molar-refractivity contribution in [2.45, 2.75) is 64.1 Å². The van der Waals surface area contributed by atoms with E-state index in [1.54, 1.807) is 0 Å².